The van der Waals surface area contributed by atoms with Crippen LogP contribution < -0.4 is 37.2 Å². The zero-order chi connectivity index (χ0) is 35.0. The molecule has 47 heavy (non-hydrogen) atoms. The fraction of sp³-hybridized carbons (Fsp3) is 0.548. The Morgan fingerprint density at radius 3 is 1.53 bits per heavy atom. The first-order valence-electron chi connectivity index (χ1n) is 15.5. The third kappa shape index (κ3) is 20.6. The van der Waals surface area contributed by atoms with Gasteiger partial charge in [-0.1, -0.05) is 30.3 Å². The van der Waals surface area contributed by atoms with E-state index in [1.165, 1.54) is 13.8 Å². The molecule has 0 fully saturated rings. The van der Waals surface area contributed by atoms with Gasteiger partial charge in [-0.05, 0) is 25.3 Å². The molecule has 0 aliphatic heterocycles. The van der Waals surface area contributed by atoms with Crippen molar-refractivity contribution in [2.45, 2.75) is 77.3 Å². The maximum absolute atomic E-state index is 12.6. The van der Waals surface area contributed by atoms with Crippen molar-refractivity contribution in [3.05, 3.63) is 35.9 Å². The SMILES string of the molecule is CC(=O)NCCC(=O)NCCC(=O)NCCC(=O)NCCC(=O)NCCCCC(=O)N[C@H](Cc1ccccc1)C(=O)N[C@H](C)C(=O)O. The fourth-order valence-corrected chi connectivity index (χ4v) is 3.99. The lowest BCUT2D eigenvalue weighted by atomic mass is 10.0. The molecule has 0 heterocycles. The smallest absolute Gasteiger partial charge is 0.325 e. The summed E-state index contributed by atoms with van der Waals surface area (Å²) in [5, 5.41) is 27.1. The molecule has 0 saturated heterocycles. The minimum atomic E-state index is -1.19. The van der Waals surface area contributed by atoms with Gasteiger partial charge in [0.25, 0.3) is 0 Å². The maximum Gasteiger partial charge on any atom is 0.325 e. The summed E-state index contributed by atoms with van der Waals surface area (Å²) in [6.07, 6.45) is 1.44. The zero-order valence-electron chi connectivity index (χ0n) is 26.9. The van der Waals surface area contributed by atoms with Crippen LogP contribution in [0.1, 0.15) is 64.4 Å². The van der Waals surface area contributed by atoms with Crippen LogP contribution >= 0.6 is 0 Å². The monoisotopic (exact) mass is 661 g/mol. The number of hydrogen-bond donors (Lipinski definition) is 8. The standard InChI is InChI=1S/C31H47N7O9/c1-21(31(46)47)37-30(45)24(20-23-8-4-3-5-9-23)38-29(44)10-6-7-15-33-25(40)12-17-35-27(42)14-19-36-28(43)13-18-34-26(41)11-16-32-22(2)39/h3-5,8-9,21,24H,6-7,10-20H2,1-2H3,(H,32,39)(H,33,40)(H,34,41)(H,35,42)(H,36,43)(H,37,45)(H,38,44)(H,46,47)/t21-,24-/m1/s1. The molecule has 0 aromatic heterocycles. The number of carboxylic acid groups (broad SMARTS) is 1. The molecule has 2 atom stereocenters. The van der Waals surface area contributed by atoms with E-state index in [1.807, 2.05) is 6.07 Å². The summed E-state index contributed by atoms with van der Waals surface area (Å²) in [7, 11) is 0. The normalized spacial score (nSPS) is 11.6. The second-order valence-electron chi connectivity index (χ2n) is 10.7. The number of nitrogens with one attached hydrogen (secondary N) is 7. The van der Waals surface area contributed by atoms with Crippen LogP contribution in [-0.2, 0) is 44.8 Å². The van der Waals surface area contributed by atoms with Crippen molar-refractivity contribution < 1.29 is 43.5 Å². The number of hydrogen-bond acceptors (Lipinski definition) is 8. The van der Waals surface area contributed by atoms with E-state index < -0.39 is 24.0 Å². The van der Waals surface area contributed by atoms with Gasteiger partial charge in [-0.3, -0.25) is 38.4 Å². The maximum atomic E-state index is 12.6. The third-order valence-corrected chi connectivity index (χ3v) is 6.57. The van der Waals surface area contributed by atoms with Crippen LogP contribution in [0.15, 0.2) is 30.3 Å². The van der Waals surface area contributed by atoms with Crippen molar-refractivity contribution in [1.29, 1.82) is 0 Å². The summed E-state index contributed by atoms with van der Waals surface area (Å²) >= 11 is 0. The van der Waals surface area contributed by atoms with Gasteiger partial charge in [0.05, 0.1) is 0 Å². The van der Waals surface area contributed by atoms with Crippen LogP contribution in [0.3, 0.4) is 0 Å². The Labute approximate surface area is 273 Å². The molecule has 1 aromatic carbocycles. The molecule has 1 rings (SSSR count). The van der Waals surface area contributed by atoms with Gasteiger partial charge < -0.3 is 42.3 Å². The van der Waals surface area contributed by atoms with E-state index in [4.69, 9.17) is 5.11 Å². The second kappa shape index (κ2) is 23.3. The Kier molecular flexibility index (Phi) is 19.9. The van der Waals surface area contributed by atoms with E-state index in [-0.39, 0.29) is 100 Å². The van der Waals surface area contributed by atoms with E-state index in [0.717, 1.165) is 5.56 Å². The highest BCUT2D eigenvalue weighted by Crippen LogP contribution is 2.05. The molecule has 16 heteroatoms. The summed E-state index contributed by atoms with van der Waals surface area (Å²) in [4.78, 5) is 94.5. The molecule has 1 aromatic rings. The predicted octanol–water partition coefficient (Wildman–Crippen LogP) is -1.37. The van der Waals surface area contributed by atoms with Crippen LogP contribution in [0, 0.1) is 0 Å². The van der Waals surface area contributed by atoms with Gasteiger partial charge in [0, 0.05) is 78.2 Å². The first-order chi connectivity index (χ1) is 22.4. The van der Waals surface area contributed by atoms with E-state index >= 15 is 0 Å². The fourth-order valence-electron chi connectivity index (χ4n) is 3.99. The second-order valence-corrected chi connectivity index (χ2v) is 10.7. The highest BCUT2D eigenvalue weighted by Gasteiger charge is 2.24. The number of carbonyl (C=O) groups is 8. The Hall–Kier alpha value is -5.02. The molecular formula is C31H47N7O9. The number of carbonyl (C=O) groups excluding carboxylic acids is 7. The molecule has 0 saturated carbocycles. The molecule has 0 bridgehead atoms. The third-order valence-electron chi connectivity index (χ3n) is 6.57. The average molecular weight is 662 g/mol. The van der Waals surface area contributed by atoms with Crippen molar-refractivity contribution in [1.82, 2.24) is 37.2 Å². The molecule has 0 spiro atoms. The van der Waals surface area contributed by atoms with Crippen molar-refractivity contribution >= 4 is 47.3 Å². The predicted molar refractivity (Wildman–Crippen MR) is 170 cm³/mol. The molecule has 0 aliphatic carbocycles. The summed E-state index contributed by atoms with van der Waals surface area (Å²) in [6, 6.07) is 6.95. The number of unbranched alkanes of at least 4 members (excludes halogenated alkanes) is 1. The number of rotatable bonds is 23. The lowest BCUT2D eigenvalue weighted by Crippen LogP contribution is -2.51. The lowest BCUT2D eigenvalue weighted by molar-refractivity contribution is -0.141. The first-order valence-corrected chi connectivity index (χ1v) is 15.5. The Morgan fingerprint density at radius 2 is 1.06 bits per heavy atom. The Morgan fingerprint density at radius 1 is 0.596 bits per heavy atom. The summed E-state index contributed by atoms with van der Waals surface area (Å²) in [5.41, 5.74) is 0.800. The van der Waals surface area contributed by atoms with Crippen molar-refractivity contribution in [3.63, 3.8) is 0 Å². The van der Waals surface area contributed by atoms with E-state index in [2.05, 4.69) is 37.2 Å². The van der Waals surface area contributed by atoms with Crippen molar-refractivity contribution in [2.75, 3.05) is 32.7 Å². The van der Waals surface area contributed by atoms with Crippen LogP contribution in [0.25, 0.3) is 0 Å². The highest BCUT2D eigenvalue weighted by molar-refractivity contribution is 5.90. The zero-order valence-corrected chi connectivity index (χ0v) is 26.9. The molecule has 0 unspecified atom stereocenters. The van der Waals surface area contributed by atoms with E-state index in [9.17, 15) is 38.4 Å². The first kappa shape index (κ1) is 40.0. The average Bonchev–Trinajstić information content (AvgIpc) is 3.00. The largest absolute Gasteiger partial charge is 0.480 e. The van der Waals surface area contributed by atoms with Gasteiger partial charge in [-0.25, -0.2) is 0 Å². The van der Waals surface area contributed by atoms with Gasteiger partial charge in [0.2, 0.25) is 41.4 Å². The van der Waals surface area contributed by atoms with Crippen LogP contribution in [0.4, 0.5) is 0 Å². The summed E-state index contributed by atoms with van der Waals surface area (Å²) in [5.74, 6) is -3.65. The van der Waals surface area contributed by atoms with Crippen LogP contribution in [0.5, 0.6) is 0 Å². The van der Waals surface area contributed by atoms with Gasteiger partial charge in [0.15, 0.2) is 0 Å². The summed E-state index contributed by atoms with van der Waals surface area (Å²) in [6.45, 7) is 3.54. The quantitative estimate of drug-likeness (QED) is 0.0645. The number of amides is 7. The van der Waals surface area contributed by atoms with E-state index in [1.54, 1.807) is 24.3 Å². The van der Waals surface area contributed by atoms with Crippen molar-refractivity contribution in [2.24, 2.45) is 0 Å². The minimum absolute atomic E-state index is 0.0188. The molecule has 16 nitrogen and oxygen atoms in total. The van der Waals surface area contributed by atoms with Crippen LogP contribution in [-0.4, -0.2) is 97.2 Å². The van der Waals surface area contributed by atoms with E-state index in [0.29, 0.717) is 19.4 Å². The lowest BCUT2D eigenvalue weighted by Gasteiger charge is -2.20. The van der Waals surface area contributed by atoms with Crippen molar-refractivity contribution in [3.8, 4) is 0 Å². The van der Waals surface area contributed by atoms with Gasteiger partial charge in [-0.15, -0.1) is 0 Å². The summed E-state index contributed by atoms with van der Waals surface area (Å²) < 4.78 is 0. The van der Waals surface area contributed by atoms with Crippen LogP contribution in [0.2, 0.25) is 0 Å². The molecule has 260 valence electrons. The molecule has 0 radical (unpaired) electrons. The molecular weight excluding hydrogens is 614 g/mol. The molecule has 8 N–H and O–H groups in total. The minimum Gasteiger partial charge on any atom is -0.480 e. The van der Waals surface area contributed by atoms with Gasteiger partial charge in [0.1, 0.15) is 12.1 Å². The van der Waals surface area contributed by atoms with Gasteiger partial charge in [-0.2, -0.15) is 0 Å². The Balaban J connectivity index is 2.18. The number of carboxylic acids is 1. The number of aliphatic carboxylic acids is 1. The topological polar surface area (TPSA) is 241 Å². The molecule has 7 amide bonds. The highest BCUT2D eigenvalue weighted by atomic mass is 16.4. The Bertz CT molecular complexity index is 1210. The van der Waals surface area contributed by atoms with Gasteiger partial charge >= 0.3 is 5.97 Å². The molecule has 0 aliphatic rings. The number of benzene rings is 1.